The summed E-state index contributed by atoms with van der Waals surface area (Å²) < 4.78 is 32.6. The average Bonchev–Trinajstić information content (AvgIpc) is 3.48. The number of carbonyl (C=O) groups excluding carboxylic acids is 2. The van der Waals surface area contributed by atoms with E-state index in [1.165, 1.54) is 41.3 Å². The molecule has 0 fully saturated rings. The molecule has 38 heavy (non-hydrogen) atoms. The Kier molecular flexibility index (Phi) is 7.65. The summed E-state index contributed by atoms with van der Waals surface area (Å²) in [5, 5.41) is 15.1. The number of benzene rings is 2. The summed E-state index contributed by atoms with van der Waals surface area (Å²) in [7, 11) is 0. The first-order chi connectivity index (χ1) is 18.0. The number of hydrogen-bond donors (Lipinski definition) is 1. The van der Waals surface area contributed by atoms with Crippen molar-refractivity contribution in [2.24, 2.45) is 0 Å². The molecule has 0 aliphatic carbocycles. The van der Waals surface area contributed by atoms with Crippen LogP contribution in [0.5, 0.6) is 0 Å². The molecule has 4 rings (SSSR count). The third kappa shape index (κ3) is 6.67. The van der Waals surface area contributed by atoms with Crippen molar-refractivity contribution in [2.45, 2.75) is 52.4 Å². The van der Waals surface area contributed by atoms with Gasteiger partial charge in [0.05, 0.1) is 0 Å². The molecule has 1 N–H and O–H groups in total. The Labute approximate surface area is 218 Å². The highest BCUT2D eigenvalue weighted by atomic mass is 19.1. The van der Waals surface area contributed by atoms with Gasteiger partial charge in [0.15, 0.2) is 6.04 Å². The molecule has 2 aromatic heterocycles. The lowest BCUT2D eigenvalue weighted by Crippen LogP contribution is -2.49. The zero-order valence-electron chi connectivity index (χ0n) is 21.5. The fraction of sp³-hybridized carbons (Fsp3) is 0.296. The quantitative estimate of drug-likeness (QED) is 0.372. The number of aryl methyl sites for hydroxylation is 1. The molecule has 0 aliphatic heterocycles. The second-order valence-electron chi connectivity index (χ2n) is 9.89. The van der Waals surface area contributed by atoms with Gasteiger partial charge >= 0.3 is 0 Å². The van der Waals surface area contributed by atoms with E-state index in [4.69, 9.17) is 4.42 Å². The van der Waals surface area contributed by atoms with Crippen molar-refractivity contribution < 1.29 is 22.8 Å². The first-order valence-corrected chi connectivity index (χ1v) is 11.9. The van der Waals surface area contributed by atoms with Gasteiger partial charge in [-0.25, -0.2) is 8.78 Å². The Morgan fingerprint density at radius 3 is 2.21 bits per heavy atom. The molecule has 4 aromatic rings. The highest BCUT2D eigenvalue weighted by Crippen LogP contribution is 2.27. The Morgan fingerprint density at radius 2 is 1.63 bits per heavy atom. The summed E-state index contributed by atoms with van der Waals surface area (Å²) in [6, 6.07) is 13.4. The highest BCUT2D eigenvalue weighted by Gasteiger charge is 2.36. The molecule has 1 atom stereocenters. The minimum atomic E-state index is -1.12. The lowest BCUT2D eigenvalue weighted by Gasteiger charge is -2.32. The van der Waals surface area contributed by atoms with Crippen LogP contribution in [0.15, 0.2) is 65.1 Å². The number of nitrogens with one attached hydrogen (secondary N) is 1. The van der Waals surface area contributed by atoms with Crippen molar-refractivity contribution in [1.82, 2.24) is 30.4 Å². The van der Waals surface area contributed by atoms with Gasteiger partial charge in [-0.05, 0) is 87.0 Å². The minimum Gasteiger partial charge on any atom is -0.464 e. The molecule has 1 unspecified atom stereocenters. The molecule has 0 saturated heterocycles. The summed E-state index contributed by atoms with van der Waals surface area (Å²) in [5.41, 5.74) is 0.552. The Morgan fingerprint density at radius 1 is 1.00 bits per heavy atom. The normalized spacial score (nSPS) is 12.3. The summed E-state index contributed by atoms with van der Waals surface area (Å²) in [4.78, 5) is 29.7. The van der Waals surface area contributed by atoms with Crippen LogP contribution in [-0.2, 0) is 22.7 Å². The van der Waals surface area contributed by atoms with Crippen LogP contribution >= 0.6 is 0 Å². The average molecular weight is 523 g/mol. The monoisotopic (exact) mass is 522 g/mol. The third-order valence-corrected chi connectivity index (χ3v) is 5.51. The molecule has 2 heterocycles. The summed E-state index contributed by atoms with van der Waals surface area (Å²) in [6.45, 7) is 6.88. The number of aromatic nitrogens is 4. The first-order valence-electron chi connectivity index (χ1n) is 11.9. The van der Waals surface area contributed by atoms with Gasteiger partial charge in [-0.3, -0.25) is 9.59 Å². The summed E-state index contributed by atoms with van der Waals surface area (Å²) in [6.07, 6.45) is 0. The van der Waals surface area contributed by atoms with Crippen molar-refractivity contribution >= 4 is 11.8 Å². The van der Waals surface area contributed by atoms with Crippen LogP contribution in [0.4, 0.5) is 8.78 Å². The van der Waals surface area contributed by atoms with Crippen molar-refractivity contribution in [1.29, 1.82) is 0 Å². The number of hydrogen-bond acceptors (Lipinski definition) is 6. The van der Waals surface area contributed by atoms with Crippen LogP contribution in [0.2, 0.25) is 0 Å². The molecule has 0 aliphatic rings. The molecule has 198 valence electrons. The number of halogens is 2. The molecule has 2 amide bonds. The van der Waals surface area contributed by atoms with Gasteiger partial charge in [-0.2, -0.15) is 4.80 Å². The lowest BCUT2D eigenvalue weighted by molar-refractivity contribution is -0.143. The van der Waals surface area contributed by atoms with E-state index in [1.54, 1.807) is 31.2 Å². The van der Waals surface area contributed by atoms with E-state index in [1.807, 2.05) is 20.8 Å². The van der Waals surface area contributed by atoms with Gasteiger partial charge in [0.2, 0.25) is 11.7 Å². The molecular formula is C27H28F2N6O3. The van der Waals surface area contributed by atoms with Crippen LogP contribution < -0.4 is 5.32 Å². The Balaban J connectivity index is 1.68. The number of furan rings is 1. The predicted molar refractivity (Wildman–Crippen MR) is 134 cm³/mol. The Bertz CT molecular complexity index is 1410. The zero-order valence-corrected chi connectivity index (χ0v) is 21.5. The fourth-order valence-corrected chi connectivity index (χ4v) is 3.81. The van der Waals surface area contributed by atoms with Crippen LogP contribution in [-0.4, -0.2) is 42.5 Å². The zero-order chi connectivity index (χ0) is 27.4. The van der Waals surface area contributed by atoms with Gasteiger partial charge in [-0.1, -0.05) is 12.1 Å². The second kappa shape index (κ2) is 10.9. The number of carbonyl (C=O) groups is 2. The van der Waals surface area contributed by atoms with Crippen molar-refractivity contribution in [3.05, 3.63) is 89.4 Å². The van der Waals surface area contributed by atoms with E-state index in [-0.39, 0.29) is 24.7 Å². The van der Waals surface area contributed by atoms with Gasteiger partial charge in [0.1, 0.15) is 29.7 Å². The standard InChI is InChI=1S/C27H28F2N6O3/c1-17-5-14-22(38-17)24(26(37)30-27(2,3)4)34(15-18-6-10-20(28)11-7-18)23(36)16-35-32-25(31-33-35)19-8-12-21(29)13-9-19/h5-14,24H,15-16H2,1-4H3,(H,30,37). The topological polar surface area (TPSA) is 106 Å². The molecular weight excluding hydrogens is 494 g/mol. The molecule has 0 saturated carbocycles. The van der Waals surface area contributed by atoms with Gasteiger partial charge in [0, 0.05) is 17.6 Å². The maximum Gasteiger partial charge on any atom is 0.251 e. The maximum atomic E-state index is 13.7. The highest BCUT2D eigenvalue weighted by molar-refractivity contribution is 5.88. The summed E-state index contributed by atoms with van der Waals surface area (Å²) in [5.74, 6) is -0.702. The number of rotatable bonds is 8. The van der Waals surface area contributed by atoms with Gasteiger partial charge < -0.3 is 14.6 Å². The molecule has 0 radical (unpaired) electrons. The largest absolute Gasteiger partial charge is 0.464 e. The van der Waals surface area contributed by atoms with Crippen LogP contribution in [0.1, 0.15) is 43.9 Å². The van der Waals surface area contributed by atoms with E-state index in [0.717, 1.165) is 4.80 Å². The minimum absolute atomic E-state index is 0.0133. The van der Waals surface area contributed by atoms with E-state index in [2.05, 4.69) is 20.7 Å². The molecule has 0 bridgehead atoms. The van der Waals surface area contributed by atoms with Crippen molar-refractivity contribution in [3.8, 4) is 11.4 Å². The van der Waals surface area contributed by atoms with E-state index in [0.29, 0.717) is 16.9 Å². The van der Waals surface area contributed by atoms with Crippen molar-refractivity contribution in [3.63, 3.8) is 0 Å². The van der Waals surface area contributed by atoms with Crippen LogP contribution in [0, 0.1) is 18.6 Å². The van der Waals surface area contributed by atoms with Gasteiger partial charge in [-0.15, -0.1) is 10.2 Å². The molecule has 9 nitrogen and oxygen atoms in total. The van der Waals surface area contributed by atoms with Crippen LogP contribution in [0.3, 0.4) is 0 Å². The number of nitrogens with zero attached hydrogens (tertiary/aromatic N) is 5. The first kappa shape index (κ1) is 26.6. The maximum absolute atomic E-state index is 13.7. The SMILES string of the molecule is Cc1ccc(C(C(=O)NC(C)(C)C)N(Cc2ccc(F)cc2)C(=O)Cn2nnc(-c3ccc(F)cc3)n2)o1. The predicted octanol–water partition coefficient (Wildman–Crippen LogP) is 4.20. The van der Waals surface area contributed by atoms with E-state index < -0.39 is 35.0 Å². The fourth-order valence-electron chi connectivity index (χ4n) is 3.81. The van der Waals surface area contributed by atoms with Crippen molar-refractivity contribution in [2.75, 3.05) is 0 Å². The smallest absolute Gasteiger partial charge is 0.251 e. The second-order valence-corrected chi connectivity index (χ2v) is 9.89. The number of amides is 2. The number of tetrazole rings is 1. The van der Waals surface area contributed by atoms with Crippen LogP contribution in [0.25, 0.3) is 11.4 Å². The molecule has 0 spiro atoms. The van der Waals surface area contributed by atoms with E-state index >= 15 is 0 Å². The molecule has 2 aromatic carbocycles. The molecule has 11 heteroatoms. The Hall–Kier alpha value is -4.41. The van der Waals surface area contributed by atoms with E-state index in [9.17, 15) is 18.4 Å². The van der Waals surface area contributed by atoms with Gasteiger partial charge in [0.25, 0.3) is 5.91 Å². The third-order valence-electron chi connectivity index (χ3n) is 5.51. The summed E-state index contributed by atoms with van der Waals surface area (Å²) >= 11 is 0. The lowest BCUT2D eigenvalue weighted by atomic mass is 10.1.